The fourth-order valence-electron chi connectivity index (χ4n) is 1.41. The normalized spacial score (nSPS) is 11.9. The molecule has 4 nitrogen and oxygen atoms in total. The predicted octanol–water partition coefficient (Wildman–Crippen LogP) is 2.06. The first-order valence-electron chi connectivity index (χ1n) is 4.45. The average Bonchev–Trinajstić information content (AvgIpc) is 2.53. The van der Waals surface area contributed by atoms with Crippen molar-refractivity contribution < 1.29 is 9.90 Å². The number of carboxylic acid groups (broad SMARTS) is 1. The van der Waals surface area contributed by atoms with Crippen LogP contribution in [0, 0.1) is 0 Å². The van der Waals surface area contributed by atoms with Crippen LogP contribution in [0.4, 0.5) is 0 Å². The lowest BCUT2D eigenvalue weighted by Crippen LogP contribution is -2.15. The van der Waals surface area contributed by atoms with E-state index < -0.39 is 11.9 Å². The SMILES string of the molecule is Br.CCC(C(=O)O)c1ccnn1CC. The zero-order valence-electron chi connectivity index (χ0n) is 8.30. The molecule has 0 bridgehead atoms. The Balaban J connectivity index is 0.00000169. The van der Waals surface area contributed by atoms with Crippen LogP contribution in [0.25, 0.3) is 0 Å². The fourth-order valence-corrected chi connectivity index (χ4v) is 1.41. The van der Waals surface area contributed by atoms with Gasteiger partial charge in [0.05, 0.1) is 11.6 Å². The van der Waals surface area contributed by atoms with Gasteiger partial charge in [-0.1, -0.05) is 6.92 Å². The van der Waals surface area contributed by atoms with E-state index in [1.165, 1.54) is 0 Å². The average molecular weight is 263 g/mol. The fraction of sp³-hybridized carbons (Fsp3) is 0.556. The monoisotopic (exact) mass is 262 g/mol. The number of nitrogens with zero attached hydrogens (tertiary/aromatic N) is 2. The van der Waals surface area contributed by atoms with Crippen LogP contribution in [0.5, 0.6) is 0 Å². The number of hydrogen-bond donors (Lipinski definition) is 1. The van der Waals surface area contributed by atoms with Crippen molar-refractivity contribution in [2.24, 2.45) is 0 Å². The molecule has 0 spiro atoms. The van der Waals surface area contributed by atoms with Crippen molar-refractivity contribution in [2.75, 3.05) is 0 Å². The van der Waals surface area contributed by atoms with Crippen molar-refractivity contribution in [3.05, 3.63) is 18.0 Å². The zero-order chi connectivity index (χ0) is 9.84. The lowest BCUT2D eigenvalue weighted by molar-refractivity contribution is -0.139. The molecule has 1 aromatic heterocycles. The summed E-state index contributed by atoms with van der Waals surface area (Å²) in [5.41, 5.74) is 0.789. The topological polar surface area (TPSA) is 55.1 Å². The Kier molecular flexibility index (Phi) is 5.45. The molecule has 0 aliphatic rings. The summed E-state index contributed by atoms with van der Waals surface area (Å²) in [6.45, 7) is 4.53. The van der Waals surface area contributed by atoms with Crippen molar-refractivity contribution in [2.45, 2.75) is 32.7 Å². The van der Waals surface area contributed by atoms with Crippen molar-refractivity contribution in [3.8, 4) is 0 Å². The summed E-state index contributed by atoms with van der Waals surface area (Å²) < 4.78 is 1.72. The number of aryl methyl sites for hydroxylation is 1. The van der Waals surface area contributed by atoms with Gasteiger partial charge < -0.3 is 5.11 Å². The first kappa shape index (κ1) is 13.2. The van der Waals surface area contributed by atoms with Crippen molar-refractivity contribution in [3.63, 3.8) is 0 Å². The number of rotatable bonds is 4. The molecular weight excluding hydrogens is 248 g/mol. The molecule has 1 aromatic rings. The number of halogens is 1. The molecule has 0 radical (unpaired) electrons. The Morgan fingerprint density at radius 3 is 2.71 bits per heavy atom. The Labute approximate surface area is 93.7 Å². The van der Waals surface area contributed by atoms with Gasteiger partial charge in [0.2, 0.25) is 0 Å². The Hall–Kier alpha value is -0.840. The molecule has 14 heavy (non-hydrogen) atoms. The predicted molar refractivity (Wildman–Crippen MR) is 58.9 cm³/mol. The van der Waals surface area contributed by atoms with Gasteiger partial charge >= 0.3 is 5.97 Å². The summed E-state index contributed by atoms with van der Waals surface area (Å²) in [4.78, 5) is 10.9. The molecule has 0 saturated heterocycles. The van der Waals surface area contributed by atoms with E-state index in [1.54, 1.807) is 16.9 Å². The molecule has 1 atom stereocenters. The zero-order valence-corrected chi connectivity index (χ0v) is 10.0. The van der Waals surface area contributed by atoms with E-state index in [0.717, 1.165) is 5.69 Å². The van der Waals surface area contributed by atoms with Crippen LogP contribution in [-0.4, -0.2) is 20.9 Å². The van der Waals surface area contributed by atoms with Gasteiger partial charge in [-0.15, -0.1) is 17.0 Å². The third kappa shape index (κ3) is 2.57. The van der Waals surface area contributed by atoms with Gasteiger partial charge in [-0.25, -0.2) is 0 Å². The van der Waals surface area contributed by atoms with Gasteiger partial charge in [-0.3, -0.25) is 9.48 Å². The van der Waals surface area contributed by atoms with Crippen LogP contribution in [0.15, 0.2) is 12.3 Å². The largest absolute Gasteiger partial charge is 0.481 e. The molecule has 0 aliphatic heterocycles. The molecule has 80 valence electrons. The van der Waals surface area contributed by atoms with Gasteiger partial charge in [0, 0.05) is 12.7 Å². The Morgan fingerprint density at radius 1 is 1.64 bits per heavy atom. The highest BCUT2D eigenvalue weighted by Gasteiger charge is 2.20. The van der Waals surface area contributed by atoms with Gasteiger partial charge in [0.1, 0.15) is 0 Å². The molecule has 5 heteroatoms. The van der Waals surface area contributed by atoms with E-state index in [2.05, 4.69) is 5.10 Å². The summed E-state index contributed by atoms with van der Waals surface area (Å²) in [5.74, 6) is -1.21. The third-order valence-electron chi connectivity index (χ3n) is 2.11. The maximum absolute atomic E-state index is 10.9. The molecule has 0 aromatic carbocycles. The van der Waals surface area contributed by atoms with Crippen LogP contribution < -0.4 is 0 Å². The van der Waals surface area contributed by atoms with Crippen molar-refractivity contribution in [1.82, 2.24) is 9.78 Å². The number of carboxylic acids is 1. The van der Waals surface area contributed by atoms with E-state index in [9.17, 15) is 4.79 Å². The van der Waals surface area contributed by atoms with Gasteiger partial charge in [0.15, 0.2) is 0 Å². The summed E-state index contributed by atoms with van der Waals surface area (Å²) in [6, 6.07) is 1.77. The van der Waals surface area contributed by atoms with Crippen molar-refractivity contribution in [1.29, 1.82) is 0 Å². The highest BCUT2D eigenvalue weighted by atomic mass is 79.9. The highest BCUT2D eigenvalue weighted by molar-refractivity contribution is 8.93. The van der Waals surface area contributed by atoms with E-state index in [0.29, 0.717) is 13.0 Å². The molecule has 0 saturated carbocycles. The standard InChI is InChI=1S/C9H14N2O2.BrH/c1-3-7(9(12)13)8-5-6-10-11(8)4-2;/h5-7H,3-4H2,1-2H3,(H,12,13);1H. The smallest absolute Gasteiger partial charge is 0.312 e. The first-order chi connectivity index (χ1) is 6.20. The first-order valence-corrected chi connectivity index (χ1v) is 4.45. The maximum Gasteiger partial charge on any atom is 0.312 e. The van der Waals surface area contributed by atoms with E-state index in [-0.39, 0.29) is 17.0 Å². The molecule has 0 amide bonds. The number of aliphatic carboxylic acids is 1. The quantitative estimate of drug-likeness (QED) is 0.904. The Bertz CT molecular complexity index is 299. The Morgan fingerprint density at radius 2 is 2.29 bits per heavy atom. The molecule has 1 N–H and O–H groups in total. The lowest BCUT2D eigenvalue weighted by Gasteiger charge is -2.10. The second-order valence-electron chi connectivity index (χ2n) is 2.87. The van der Waals surface area contributed by atoms with Crippen LogP contribution in [-0.2, 0) is 11.3 Å². The lowest BCUT2D eigenvalue weighted by atomic mass is 10.0. The summed E-state index contributed by atoms with van der Waals surface area (Å²) in [7, 11) is 0. The summed E-state index contributed by atoms with van der Waals surface area (Å²) >= 11 is 0. The number of carbonyl (C=O) groups is 1. The van der Waals surface area contributed by atoms with Gasteiger partial charge in [-0.2, -0.15) is 5.10 Å². The van der Waals surface area contributed by atoms with Crippen LogP contribution >= 0.6 is 17.0 Å². The van der Waals surface area contributed by atoms with Crippen LogP contribution in [0.3, 0.4) is 0 Å². The molecular formula is C9H15BrN2O2. The summed E-state index contributed by atoms with van der Waals surface area (Å²) in [6.07, 6.45) is 2.24. The highest BCUT2D eigenvalue weighted by Crippen LogP contribution is 2.18. The minimum Gasteiger partial charge on any atom is -0.481 e. The van der Waals surface area contributed by atoms with Crippen molar-refractivity contribution >= 4 is 23.0 Å². The minimum atomic E-state index is -0.780. The number of aromatic nitrogens is 2. The van der Waals surface area contributed by atoms with E-state index in [1.807, 2.05) is 13.8 Å². The van der Waals surface area contributed by atoms with E-state index in [4.69, 9.17) is 5.11 Å². The second kappa shape index (κ2) is 5.80. The molecule has 1 rings (SSSR count). The molecule has 1 unspecified atom stereocenters. The summed E-state index contributed by atoms with van der Waals surface area (Å²) in [5, 5.41) is 13.0. The van der Waals surface area contributed by atoms with Gasteiger partial charge in [-0.05, 0) is 19.4 Å². The second-order valence-corrected chi connectivity index (χ2v) is 2.87. The maximum atomic E-state index is 10.9. The minimum absolute atomic E-state index is 0. The third-order valence-corrected chi connectivity index (χ3v) is 2.11. The number of hydrogen-bond acceptors (Lipinski definition) is 2. The molecule has 1 heterocycles. The van der Waals surface area contributed by atoms with Gasteiger partial charge in [0.25, 0.3) is 0 Å². The van der Waals surface area contributed by atoms with Crippen LogP contribution in [0.1, 0.15) is 31.9 Å². The van der Waals surface area contributed by atoms with Crippen LogP contribution in [0.2, 0.25) is 0 Å². The molecule has 0 fully saturated rings. The van der Waals surface area contributed by atoms with E-state index >= 15 is 0 Å². The molecule has 0 aliphatic carbocycles.